The number of benzene rings is 2. The standard InChI is InChI=1S/C50H67F2N9O13/c1-8-40(64)55-28(2)48(72)59(7)29(3)45(69)58-37(24-39(53)63)47(71)57-35(46(70)54-20-18-41(65)56-36(49(73)74)16-17-43(67)68)19-21-61(42(66)27-62)44(50(4,5)6)38-22-31(33-23-32(51)14-15-34(33)52)26-60(38)25-30-12-10-9-11-13-30/h9-15,22-23,26,28-29,35-37,44,62H,8,16-21,24-25,27H2,1-7H3,(H2,53,63)(H,54,70)(H,55,64)(H,56,65)(H,57,71)(H,58,69)(H,67,68)(H,73,74)/t28-,29-,35-,36+,37-,44-/m0/s1. The number of likely N-dealkylation sites (N-methyl/N-ethyl adjacent to an activating group) is 1. The Kier molecular flexibility index (Phi) is 22.8. The van der Waals surface area contributed by atoms with Crippen LogP contribution in [0.2, 0.25) is 0 Å². The minimum Gasteiger partial charge on any atom is -0.481 e. The van der Waals surface area contributed by atoms with Crippen molar-refractivity contribution in [2.45, 2.75) is 123 Å². The van der Waals surface area contributed by atoms with Crippen LogP contribution >= 0.6 is 0 Å². The maximum Gasteiger partial charge on any atom is 0.326 e. The largest absolute Gasteiger partial charge is 0.481 e. The lowest BCUT2D eigenvalue weighted by Gasteiger charge is -2.41. The van der Waals surface area contributed by atoms with Gasteiger partial charge in [-0.2, -0.15) is 0 Å². The van der Waals surface area contributed by atoms with E-state index in [-0.39, 0.29) is 24.1 Å². The maximum atomic E-state index is 15.4. The van der Waals surface area contributed by atoms with Crippen LogP contribution in [0.4, 0.5) is 8.78 Å². The van der Waals surface area contributed by atoms with Crippen molar-refractivity contribution in [1.82, 2.24) is 41.0 Å². The highest BCUT2D eigenvalue weighted by atomic mass is 19.1. The second kappa shape index (κ2) is 27.9. The average molecular weight is 1040 g/mol. The van der Waals surface area contributed by atoms with E-state index in [1.54, 1.807) is 62.7 Å². The molecule has 22 nitrogen and oxygen atoms in total. The van der Waals surface area contributed by atoms with Gasteiger partial charge in [-0.1, -0.05) is 58.0 Å². The minimum absolute atomic E-state index is 0.0794. The van der Waals surface area contributed by atoms with Gasteiger partial charge in [0.2, 0.25) is 47.3 Å². The quantitative estimate of drug-likeness (QED) is 0.0497. The molecule has 0 spiro atoms. The molecule has 0 aliphatic carbocycles. The molecule has 0 radical (unpaired) electrons. The number of nitrogens with zero attached hydrogens (tertiary/aromatic N) is 3. The van der Waals surface area contributed by atoms with E-state index in [4.69, 9.17) is 10.8 Å². The number of amides is 8. The van der Waals surface area contributed by atoms with E-state index in [2.05, 4.69) is 26.6 Å². The number of aliphatic hydroxyl groups excluding tert-OH is 1. The van der Waals surface area contributed by atoms with Gasteiger partial charge in [-0.15, -0.1) is 0 Å². The number of aliphatic hydroxyl groups is 1. The minimum atomic E-state index is -1.77. The van der Waals surface area contributed by atoms with Crippen LogP contribution in [0.25, 0.3) is 11.1 Å². The van der Waals surface area contributed by atoms with E-state index in [1.807, 2.05) is 12.1 Å². The molecule has 0 aliphatic heterocycles. The summed E-state index contributed by atoms with van der Waals surface area (Å²) in [7, 11) is 1.27. The monoisotopic (exact) mass is 1040 g/mol. The predicted molar refractivity (Wildman–Crippen MR) is 263 cm³/mol. The normalized spacial score (nSPS) is 13.6. The number of hydrogen-bond acceptors (Lipinski definition) is 11. The number of carboxylic acids is 2. The zero-order valence-electron chi connectivity index (χ0n) is 42.4. The Morgan fingerprint density at radius 1 is 0.784 bits per heavy atom. The molecule has 1 heterocycles. The van der Waals surface area contributed by atoms with Crippen molar-refractivity contribution >= 4 is 59.2 Å². The highest BCUT2D eigenvalue weighted by molar-refractivity contribution is 5.97. The molecule has 0 unspecified atom stereocenters. The number of aliphatic carboxylic acids is 2. The zero-order valence-corrected chi connectivity index (χ0v) is 42.4. The maximum absolute atomic E-state index is 15.4. The molecule has 8 amide bonds. The van der Waals surface area contributed by atoms with Crippen LogP contribution in [0.3, 0.4) is 0 Å². The van der Waals surface area contributed by atoms with Crippen LogP contribution in [-0.4, -0.2) is 146 Å². The second-order valence-electron chi connectivity index (χ2n) is 18.7. The van der Waals surface area contributed by atoms with Crippen molar-refractivity contribution in [1.29, 1.82) is 0 Å². The number of carbonyl (C=O) groups excluding carboxylic acids is 8. The van der Waals surface area contributed by atoms with Crippen LogP contribution in [-0.2, 0) is 54.5 Å². The Hall–Kier alpha value is -7.76. The predicted octanol–water partition coefficient (Wildman–Crippen LogP) is 1.33. The van der Waals surface area contributed by atoms with Crippen LogP contribution in [0, 0.1) is 17.0 Å². The highest BCUT2D eigenvalue weighted by Gasteiger charge is 2.39. The van der Waals surface area contributed by atoms with Gasteiger partial charge >= 0.3 is 11.9 Å². The Bertz CT molecular complexity index is 2520. The fraction of sp³-hybridized carbons (Fsp3) is 0.480. The van der Waals surface area contributed by atoms with Crippen LogP contribution in [0.1, 0.15) is 97.4 Å². The first-order valence-corrected chi connectivity index (χ1v) is 23.7. The first-order valence-electron chi connectivity index (χ1n) is 23.7. The fourth-order valence-corrected chi connectivity index (χ4v) is 7.90. The van der Waals surface area contributed by atoms with Crippen molar-refractivity contribution in [3.8, 4) is 11.1 Å². The number of hydrogen-bond donors (Lipinski definition) is 9. The van der Waals surface area contributed by atoms with E-state index >= 15 is 4.39 Å². The molecule has 24 heteroatoms. The van der Waals surface area contributed by atoms with Crippen molar-refractivity contribution in [2.75, 3.05) is 26.7 Å². The highest BCUT2D eigenvalue weighted by Crippen LogP contribution is 2.41. The molecule has 10 N–H and O–H groups in total. The van der Waals surface area contributed by atoms with Gasteiger partial charge in [-0.3, -0.25) is 43.2 Å². The molecule has 0 saturated heterocycles. The number of aromatic nitrogens is 1. The van der Waals surface area contributed by atoms with Gasteiger partial charge in [-0.05, 0) is 61.9 Å². The van der Waals surface area contributed by atoms with Crippen LogP contribution < -0.4 is 32.3 Å². The first-order chi connectivity index (χ1) is 34.7. The summed E-state index contributed by atoms with van der Waals surface area (Å²) in [6, 6.07) is 5.21. The summed E-state index contributed by atoms with van der Waals surface area (Å²) in [5.74, 6) is -11.3. The fourth-order valence-electron chi connectivity index (χ4n) is 7.90. The number of halogens is 2. The Morgan fingerprint density at radius 2 is 1.43 bits per heavy atom. The van der Waals surface area contributed by atoms with E-state index in [9.17, 15) is 62.5 Å². The number of carbonyl (C=O) groups is 10. The lowest BCUT2D eigenvalue weighted by molar-refractivity contribution is -0.143. The summed E-state index contributed by atoms with van der Waals surface area (Å²) in [6.45, 7) is 7.83. The topological polar surface area (TPSA) is 329 Å². The molecular weight excluding hydrogens is 973 g/mol. The third-order valence-corrected chi connectivity index (χ3v) is 11.9. The molecule has 0 bridgehead atoms. The van der Waals surface area contributed by atoms with E-state index < -0.39 is 164 Å². The number of carboxylic acid groups (broad SMARTS) is 2. The molecule has 74 heavy (non-hydrogen) atoms. The lowest BCUT2D eigenvalue weighted by Crippen LogP contribution is -2.58. The lowest BCUT2D eigenvalue weighted by atomic mass is 9.82. The molecule has 404 valence electrons. The van der Waals surface area contributed by atoms with Crippen molar-refractivity contribution < 1.29 is 72.0 Å². The summed E-state index contributed by atoms with van der Waals surface area (Å²) in [5, 5.41) is 40.9. The number of rotatable bonds is 28. The number of nitrogens with one attached hydrogen (secondary N) is 5. The third kappa shape index (κ3) is 18.1. The molecule has 6 atom stereocenters. The molecular formula is C50H67F2N9O13. The van der Waals surface area contributed by atoms with Gasteiger partial charge in [0, 0.05) is 69.0 Å². The molecule has 2 aromatic carbocycles. The molecule has 3 rings (SSSR count). The molecule has 0 fully saturated rings. The average Bonchev–Trinajstić information content (AvgIpc) is 3.74. The number of primary amides is 1. The Labute approximate surface area is 426 Å². The summed E-state index contributed by atoms with van der Waals surface area (Å²) in [6.07, 6.45) is -1.17. The molecule has 1 aromatic heterocycles. The van der Waals surface area contributed by atoms with E-state index in [1.165, 1.54) is 25.8 Å². The van der Waals surface area contributed by atoms with Crippen LogP contribution in [0.15, 0.2) is 60.8 Å². The number of nitrogens with two attached hydrogens (primary N) is 1. The van der Waals surface area contributed by atoms with Gasteiger partial charge in [0.05, 0.1) is 12.5 Å². The van der Waals surface area contributed by atoms with Crippen LogP contribution in [0.5, 0.6) is 0 Å². The SMILES string of the molecule is CCC(=O)N[C@@H](C)C(=O)N(C)[C@@H](C)C(=O)N[C@@H](CC(N)=O)C(=O)N[C@@H](CCN(C(=O)CO)[C@@H](c1cc(-c2cc(F)ccc2F)cn1Cc1ccccc1)C(C)(C)C)C(=O)NCCC(=O)N[C@H](CCC(=O)O)C(=O)O. The van der Waals surface area contributed by atoms with E-state index in [0.29, 0.717) is 5.69 Å². The Morgan fingerprint density at radius 3 is 2.01 bits per heavy atom. The van der Waals surface area contributed by atoms with Crippen molar-refractivity contribution in [2.24, 2.45) is 11.1 Å². The molecule has 0 saturated carbocycles. The van der Waals surface area contributed by atoms with Crippen molar-refractivity contribution in [3.63, 3.8) is 0 Å². The zero-order chi connectivity index (χ0) is 55.6. The van der Waals surface area contributed by atoms with Gasteiger partial charge < -0.3 is 62.0 Å². The smallest absolute Gasteiger partial charge is 0.326 e. The summed E-state index contributed by atoms with van der Waals surface area (Å²) in [4.78, 5) is 131. The summed E-state index contributed by atoms with van der Waals surface area (Å²) in [5.41, 5.74) is 5.90. The van der Waals surface area contributed by atoms with Gasteiger partial charge in [0.15, 0.2) is 0 Å². The van der Waals surface area contributed by atoms with Crippen molar-refractivity contribution in [3.05, 3.63) is 83.7 Å². The Balaban J connectivity index is 2.08. The summed E-state index contributed by atoms with van der Waals surface area (Å²) >= 11 is 0. The summed E-state index contributed by atoms with van der Waals surface area (Å²) < 4.78 is 31.7. The van der Waals surface area contributed by atoms with E-state index in [0.717, 1.165) is 28.7 Å². The first kappa shape index (κ1) is 60.5. The van der Waals surface area contributed by atoms with Gasteiger partial charge in [0.25, 0.3) is 0 Å². The van der Waals surface area contributed by atoms with Gasteiger partial charge in [0.1, 0.15) is 48.5 Å². The molecule has 3 aromatic rings. The third-order valence-electron chi connectivity index (χ3n) is 11.9. The van der Waals surface area contributed by atoms with Gasteiger partial charge in [-0.25, -0.2) is 13.6 Å². The molecule has 0 aliphatic rings. The second-order valence-corrected chi connectivity index (χ2v) is 18.7.